The lowest BCUT2D eigenvalue weighted by Gasteiger charge is -2.46. The summed E-state index contributed by atoms with van der Waals surface area (Å²) in [6, 6.07) is 0.516. The molecule has 1 aliphatic heterocycles. The smallest absolute Gasteiger partial charge is 0.230 e. The summed E-state index contributed by atoms with van der Waals surface area (Å²) in [5, 5.41) is 0. The molecule has 2 N–H and O–H groups in total. The molecular weight excluding hydrogens is 214 g/mol. The molecule has 4 heteroatoms. The first-order valence-corrected chi connectivity index (χ1v) is 6.82. The second kappa shape index (κ2) is 4.94. The molecule has 1 heterocycles. The lowest BCUT2D eigenvalue weighted by Crippen LogP contribution is -2.59. The van der Waals surface area contributed by atoms with E-state index in [1.165, 1.54) is 0 Å². The van der Waals surface area contributed by atoms with E-state index >= 15 is 0 Å². The molecule has 0 aromatic heterocycles. The molecule has 1 atom stereocenters. The summed E-state index contributed by atoms with van der Waals surface area (Å²) >= 11 is 0. The van der Waals surface area contributed by atoms with Gasteiger partial charge in [0, 0.05) is 32.2 Å². The Morgan fingerprint density at radius 3 is 2.59 bits per heavy atom. The molecule has 98 valence electrons. The van der Waals surface area contributed by atoms with Gasteiger partial charge >= 0.3 is 0 Å². The molecule has 4 nitrogen and oxygen atoms in total. The minimum atomic E-state index is -0.200. The third kappa shape index (κ3) is 2.20. The van der Waals surface area contributed by atoms with Gasteiger partial charge in [-0.1, -0.05) is 13.3 Å². The molecule has 0 spiro atoms. The van der Waals surface area contributed by atoms with Gasteiger partial charge in [0.2, 0.25) is 5.91 Å². The van der Waals surface area contributed by atoms with Crippen molar-refractivity contribution in [3.05, 3.63) is 0 Å². The van der Waals surface area contributed by atoms with Crippen LogP contribution in [0.2, 0.25) is 0 Å². The molecule has 2 rings (SSSR count). The van der Waals surface area contributed by atoms with Crippen molar-refractivity contribution in [2.24, 2.45) is 11.1 Å². The van der Waals surface area contributed by atoms with Crippen LogP contribution in [0, 0.1) is 5.41 Å². The van der Waals surface area contributed by atoms with Gasteiger partial charge in [0.1, 0.15) is 0 Å². The van der Waals surface area contributed by atoms with Gasteiger partial charge in [-0.25, -0.2) is 0 Å². The van der Waals surface area contributed by atoms with Crippen LogP contribution in [0.5, 0.6) is 0 Å². The van der Waals surface area contributed by atoms with Gasteiger partial charge in [0.15, 0.2) is 0 Å². The number of rotatable bonds is 3. The van der Waals surface area contributed by atoms with E-state index in [-0.39, 0.29) is 5.41 Å². The van der Waals surface area contributed by atoms with Crippen LogP contribution in [-0.2, 0) is 4.79 Å². The van der Waals surface area contributed by atoms with Crippen LogP contribution in [0.15, 0.2) is 0 Å². The van der Waals surface area contributed by atoms with Crippen LogP contribution < -0.4 is 5.73 Å². The molecule has 1 saturated carbocycles. The van der Waals surface area contributed by atoms with Gasteiger partial charge < -0.3 is 10.6 Å². The predicted octanol–water partition coefficient (Wildman–Crippen LogP) is 0.668. The average Bonchev–Trinajstić information content (AvgIpc) is 2.29. The van der Waals surface area contributed by atoms with Crippen molar-refractivity contribution < 1.29 is 4.79 Å². The largest absolute Gasteiger partial charge is 0.339 e. The monoisotopic (exact) mass is 239 g/mol. The molecule has 1 unspecified atom stereocenters. The standard InChI is InChI=1S/C13H25N3O/c1-3-11-9-16(8-7-15(11)2)12(17)13(10-14)5-4-6-13/h11H,3-10,14H2,1-2H3. The summed E-state index contributed by atoms with van der Waals surface area (Å²) < 4.78 is 0. The zero-order valence-corrected chi connectivity index (χ0v) is 11.1. The summed E-state index contributed by atoms with van der Waals surface area (Å²) in [5.41, 5.74) is 5.61. The van der Waals surface area contributed by atoms with E-state index in [0.717, 1.165) is 45.3 Å². The fourth-order valence-electron chi connectivity index (χ4n) is 3.02. The number of nitrogens with two attached hydrogens (primary N) is 1. The Morgan fingerprint density at radius 1 is 1.41 bits per heavy atom. The van der Waals surface area contributed by atoms with Crippen molar-refractivity contribution in [3.8, 4) is 0 Å². The van der Waals surface area contributed by atoms with E-state index in [1.807, 2.05) is 0 Å². The Morgan fingerprint density at radius 2 is 2.12 bits per heavy atom. The van der Waals surface area contributed by atoms with Gasteiger partial charge in [0.05, 0.1) is 5.41 Å². The zero-order valence-electron chi connectivity index (χ0n) is 11.1. The maximum atomic E-state index is 12.5. The molecule has 0 aromatic rings. The van der Waals surface area contributed by atoms with E-state index in [2.05, 4.69) is 23.8 Å². The quantitative estimate of drug-likeness (QED) is 0.787. The van der Waals surface area contributed by atoms with Crippen LogP contribution >= 0.6 is 0 Å². The second-order valence-electron chi connectivity index (χ2n) is 5.63. The topological polar surface area (TPSA) is 49.6 Å². The Hall–Kier alpha value is -0.610. The Labute approximate surface area is 104 Å². The fourth-order valence-corrected chi connectivity index (χ4v) is 3.02. The number of hydrogen-bond acceptors (Lipinski definition) is 3. The van der Waals surface area contributed by atoms with Crippen molar-refractivity contribution >= 4 is 5.91 Å². The molecule has 17 heavy (non-hydrogen) atoms. The zero-order chi connectivity index (χ0) is 12.5. The molecule has 0 radical (unpaired) electrons. The third-order valence-electron chi connectivity index (χ3n) is 4.69. The van der Waals surface area contributed by atoms with Crippen LogP contribution in [-0.4, -0.2) is 55.0 Å². The highest BCUT2D eigenvalue weighted by atomic mass is 16.2. The van der Waals surface area contributed by atoms with Crippen LogP contribution in [0.25, 0.3) is 0 Å². The van der Waals surface area contributed by atoms with Crippen molar-refractivity contribution in [1.82, 2.24) is 9.80 Å². The molecule has 2 aliphatic rings. The summed E-state index contributed by atoms with van der Waals surface area (Å²) in [5.74, 6) is 0.317. The number of carbonyl (C=O) groups is 1. The minimum absolute atomic E-state index is 0.200. The van der Waals surface area contributed by atoms with Gasteiger partial charge in [-0.15, -0.1) is 0 Å². The number of likely N-dealkylation sites (N-methyl/N-ethyl adjacent to an activating group) is 1. The van der Waals surface area contributed by atoms with Crippen molar-refractivity contribution in [3.63, 3.8) is 0 Å². The fraction of sp³-hybridized carbons (Fsp3) is 0.923. The van der Waals surface area contributed by atoms with Crippen LogP contribution in [0.4, 0.5) is 0 Å². The normalized spacial score (nSPS) is 28.9. The molecule has 1 aliphatic carbocycles. The Balaban J connectivity index is 2.00. The highest BCUT2D eigenvalue weighted by Crippen LogP contribution is 2.41. The number of nitrogens with zero attached hydrogens (tertiary/aromatic N) is 2. The Kier molecular flexibility index (Phi) is 3.73. The minimum Gasteiger partial charge on any atom is -0.339 e. The highest BCUT2D eigenvalue weighted by molar-refractivity contribution is 5.84. The highest BCUT2D eigenvalue weighted by Gasteiger charge is 2.45. The molecule has 2 fully saturated rings. The number of carbonyl (C=O) groups excluding carboxylic acids is 1. The first kappa shape index (κ1) is 12.8. The Bertz CT molecular complexity index is 283. The maximum Gasteiger partial charge on any atom is 0.230 e. The number of hydrogen-bond donors (Lipinski definition) is 1. The first-order chi connectivity index (χ1) is 8.13. The SMILES string of the molecule is CCC1CN(C(=O)C2(CN)CCC2)CCN1C. The lowest BCUT2D eigenvalue weighted by atomic mass is 9.67. The molecule has 0 aromatic carbocycles. The van der Waals surface area contributed by atoms with Gasteiger partial charge in [0.25, 0.3) is 0 Å². The summed E-state index contributed by atoms with van der Waals surface area (Å²) in [6.07, 6.45) is 4.25. The van der Waals surface area contributed by atoms with Crippen molar-refractivity contribution in [2.45, 2.75) is 38.6 Å². The van der Waals surface area contributed by atoms with E-state index < -0.39 is 0 Å². The molecule has 1 amide bonds. The summed E-state index contributed by atoms with van der Waals surface area (Å²) in [6.45, 7) is 5.46. The van der Waals surface area contributed by atoms with E-state index in [4.69, 9.17) is 5.73 Å². The van der Waals surface area contributed by atoms with Gasteiger partial charge in [-0.05, 0) is 26.3 Å². The first-order valence-electron chi connectivity index (χ1n) is 6.82. The van der Waals surface area contributed by atoms with Crippen molar-refractivity contribution in [1.29, 1.82) is 0 Å². The lowest BCUT2D eigenvalue weighted by molar-refractivity contribution is -0.149. The van der Waals surface area contributed by atoms with E-state index in [0.29, 0.717) is 18.5 Å². The second-order valence-corrected chi connectivity index (χ2v) is 5.63. The molecule has 0 bridgehead atoms. The van der Waals surface area contributed by atoms with E-state index in [1.54, 1.807) is 0 Å². The van der Waals surface area contributed by atoms with Gasteiger partial charge in [-0.2, -0.15) is 0 Å². The predicted molar refractivity (Wildman–Crippen MR) is 68.6 cm³/mol. The van der Waals surface area contributed by atoms with Crippen molar-refractivity contribution in [2.75, 3.05) is 33.2 Å². The number of piperazine rings is 1. The van der Waals surface area contributed by atoms with Crippen LogP contribution in [0.3, 0.4) is 0 Å². The average molecular weight is 239 g/mol. The number of amides is 1. The van der Waals surface area contributed by atoms with Gasteiger partial charge in [-0.3, -0.25) is 9.69 Å². The summed E-state index contributed by atoms with van der Waals surface area (Å²) in [7, 11) is 2.15. The molecular formula is C13H25N3O. The maximum absolute atomic E-state index is 12.5. The van der Waals surface area contributed by atoms with E-state index in [9.17, 15) is 4.79 Å². The molecule has 1 saturated heterocycles. The van der Waals surface area contributed by atoms with Crippen LogP contribution in [0.1, 0.15) is 32.6 Å². The third-order valence-corrected chi connectivity index (χ3v) is 4.69. The summed E-state index contributed by atoms with van der Waals surface area (Å²) in [4.78, 5) is 16.9.